The largest absolute Gasteiger partial charge is 0.0952 e. The molecular weight excluding hydrogens is 156 g/mol. The molecule has 0 N–H and O–H groups in total. The lowest BCUT2D eigenvalue weighted by molar-refractivity contribution is 0.942. The fourth-order valence-corrected chi connectivity index (χ4v) is 1.97. The average molecular weight is 170 g/mol. The Morgan fingerprint density at radius 1 is 1.23 bits per heavy atom. The van der Waals surface area contributed by atoms with Crippen molar-refractivity contribution in [3.05, 3.63) is 53.6 Å². The molecule has 0 aromatic heterocycles. The van der Waals surface area contributed by atoms with Gasteiger partial charge in [-0.05, 0) is 42.0 Å². The van der Waals surface area contributed by atoms with E-state index in [1.54, 1.807) is 0 Å². The topological polar surface area (TPSA) is 0 Å². The normalized spacial score (nSPS) is 18.8. The Bertz CT molecular complexity index is 369. The van der Waals surface area contributed by atoms with Crippen molar-refractivity contribution < 1.29 is 0 Å². The summed E-state index contributed by atoms with van der Waals surface area (Å²) in [7, 11) is 0. The van der Waals surface area contributed by atoms with Gasteiger partial charge in [-0.25, -0.2) is 0 Å². The van der Waals surface area contributed by atoms with Crippen LogP contribution in [0.2, 0.25) is 0 Å². The fraction of sp³-hybridized carbons (Fsp3) is 0.231. The first-order valence-electron chi connectivity index (χ1n) is 4.75. The number of hydrogen-bond acceptors (Lipinski definition) is 0. The Morgan fingerprint density at radius 3 is 2.77 bits per heavy atom. The number of fused-ring (bicyclic) bond motifs is 1. The summed E-state index contributed by atoms with van der Waals surface area (Å²) in [6, 6.07) is 8.61. The Balaban J connectivity index is 2.58. The maximum Gasteiger partial charge on any atom is -0.0153 e. The van der Waals surface area contributed by atoms with Gasteiger partial charge in [0.2, 0.25) is 0 Å². The van der Waals surface area contributed by atoms with E-state index in [0.717, 1.165) is 12.8 Å². The van der Waals surface area contributed by atoms with Crippen LogP contribution in [0.1, 0.15) is 24.5 Å². The maximum absolute atomic E-state index is 4.10. The first-order valence-corrected chi connectivity index (χ1v) is 4.75. The van der Waals surface area contributed by atoms with Gasteiger partial charge in [-0.15, -0.1) is 0 Å². The van der Waals surface area contributed by atoms with E-state index in [0.29, 0.717) is 0 Å². The van der Waals surface area contributed by atoms with Crippen LogP contribution in [-0.2, 0) is 6.42 Å². The lowest BCUT2D eigenvalue weighted by Crippen LogP contribution is -2.03. The van der Waals surface area contributed by atoms with Gasteiger partial charge >= 0.3 is 0 Å². The van der Waals surface area contributed by atoms with Gasteiger partial charge in [0.25, 0.3) is 0 Å². The summed E-state index contributed by atoms with van der Waals surface area (Å²) in [6.45, 7) is 6.18. The first kappa shape index (κ1) is 8.31. The monoisotopic (exact) mass is 170 g/mol. The molecule has 2 rings (SSSR count). The molecule has 0 saturated carbocycles. The molecular formula is C13H14. The molecule has 0 spiro atoms. The van der Waals surface area contributed by atoms with Gasteiger partial charge in [0.05, 0.1) is 0 Å². The molecule has 0 amide bonds. The summed E-state index contributed by atoms with van der Waals surface area (Å²) in [5, 5.41) is 0. The molecule has 1 aliphatic carbocycles. The Hall–Kier alpha value is -1.30. The van der Waals surface area contributed by atoms with E-state index < -0.39 is 0 Å². The molecule has 1 aromatic rings. The zero-order chi connectivity index (χ0) is 9.26. The summed E-state index contributed by atoms with van der Waals surface area (Å²) in [5.74, 6) is 0. The second-order valence-corrected chi connectivity index (χ2v) is 3.46. The molecule has 1 aromatic carbocycles. The quantitative estimate of drug-likeness (QED) is 0.558. The van der Waals surface area contributed by atoms with E-state index in [-0.39, 0.29) is 0 Å². The van der Waals surface area contributed by atoms with Gasteiger partial charge < -0.3 is 0 Å². The van der Waals surface area contributed by atoms with Crippen LogP contribution in [-0.4, -0.2) is 0 Å². The van der Waals surface area contributed by atoms with Crippen LogP contribution in [0.15, 0.2) is 42.5 Å². The number of benzene rings is 1. The lowest BCUT2D eigenvalue weighted by Gasteiger charge is -2.20. The number of aryl methyl sites for hydroxylation is 1. The number of hydrogen-bond donors (Lipinski definition) is 0. The molecule has 66 valence electrons. The van der Waals surface area contributed by atoms with Crippen molar-refractivity contribution in [1.29, 1.82) is 0 Å². The predicted molar refractivity (Wildman–Crippen MR) is 57.6 cm³/mol. The Kier molecular flexibility index (Phi) is 2.05. The third-order valence-corrected chi connectivity index (χ3v) is 2.67. The molecule has 0 aliphatic heterocycles. The Morgan fingerprint density at radius 2 is 2.00 bits per heavy atom. The van der Waals surface area contributed by atoms with E-state index in [4.69, 9.17) is 0 Å². The molecule has 0 bridgehead atoms. The van der Waals surface area contributed by atoms with E-state index in [1.807, 2.05) is 0 Å². The Labute approximate surface area is 79.6 Å². The smallest absolute Gasteiger partial charge is 0.0153 e. The van der Waals surface area contributed by atoms with Gasteiger partial charge in [0.15, 0.2) is 0 Å². The van der Waals surface area contributed by atoms with E-state index >= 15 is 0 Å². The average Bonchev–Trinajstić information content (AvgIpc) is 2.18. The summed E-state index contributed by atoms with van der Waals surface area (Å²) >= 11 is 0. The molecule has 0 nitrogen and oxygen atoms in total. The van der Waals surface area contributed by atoms with E-state index in [2.05, 4.69) is 43.8 Å². The van der Waals surface area contributed by atoms with Crippen LogP contribution in [0.4, 0.5) is 0 Å². The second-order valence-electron chi connectivity index (χ2n) is 3.46. The molecule has 0 unspecified atom stereocenters. The first-order chi connectivity index (χ1) is 6.33. The zero-order valence-corrected chi connectivity index (χ0v) is 8.01. The number of allylic oxidation sites excluding steroid dienone is 3. The zero-order valence-electron chi connectivity index (χ0n) is 8.01. The van der Waals surface area contributed by atoms with Crippen molar-refractivity contribution in [2.45, 2.75) is 19.8 Å². The van der Waals surface area contributed by atoms with Crippen LogP contribution in [0.3, 0.4) is 0 Å². The number of rotatable bonds is 0. The van der Waals surface area contributed by atoms with Gasteiger partial charge in [0, 0.05) is 0 Å². The summed E-state index contributed by atoms with van der Waals surface area (Å²) < 4.78 is 0. The third kappa shape index (κ3) is 1.33. The van der Waals surface area contributed by atoms with E-state index in [1.165, 1.54) is 22.3 Å². The minimum Gasteiger partial charge on any atom is -0.0952 e. The van der Waals surface area contributed by atoms with Gasteiger partial charge in [-0.2, -0.15) is 0 Å². The highest BCUT2D eigenvalue weighted by Crippen LogP contribution is 2.33. The molecule has 0 atom stereocenters. The molecule has 0 saturated heterocycles. The van der Waals surface area contributed by atoms with Crippen molar-refractivity contribution in [1.82, 2.24) is 0 Å². The molecule has 1 aliphatic rings. The van der Waals surface area contributed by atoms with Gasteiger partial charge in [-0.1, -0.05) is 36.9 Å². The molecule has 13 heavy (non-hydrogen) atoms. The van der Waals surface area contributed by atoms with Crippen LogP contribution in [0.25, 0.3) is 5.57 Å². The highest BCUT2D eigenvalue weighted by atomic mass is 14.2. The van der Waals surface area contributed by atoms with Crippen LogP contribution < -0.4 is 0 Å². The highest BCUT2D eigenvalue weighted by molar-refractivity contribution is 5.81. The third-order valence-electron chi connectivity index (χ3n) is 2.67. The second kappa shape index (κ2) is 3.21. The minimum absolute atomic E-state index is 1.11. The van der Waals surface area contributed by atoms with Crippen molar-refractivity contribution >= 4 is 5.57 Å². The van der Waals surface area contributed by atoms with E-state index in [9.17, 15) is 0 Å². The minimum atomic E-state index is 1.11. The van der Waals surface area contributed by atoms with Gasteiger partial charge in [-0.3, -0.25) is 0 Å². The predicted octanol–water partition coefficient (Wildman–Crippen LogP) is 3.59. The molecule has 0 heterocycles. The standard InChI is InChI=1S/C13H14/c1-3-12-10(2)8-9-11-6-4-5-7-13(11)12/h3-7H,2,8-9H2,1H3/b12-3+. The summed E-state index contributed by atoms with van der Waals surface area (Å²) in [5.41, 5.74) is 5.45. The summed E-state index contributed by atoms with van der Waals surface area (Å²) in [6.07, 6.45) is 4.42. The van der Waals surface area contributed by atoms with Crippen molar-refractivity contribution in [2.24, 2.45) is 0 Å². The van der Waals surface area contributed by atoms with Crippen LogP contribution in [0.5, 0.6) is 0 Å². The maximum atomic E-state index is 4.10. The van der Waals surface area contributed by atoms with Crippen LogP contribution in [0, 0.1) is 0 Å². The van der Waals surface area contributed by atoms with Crippen molar-refractivity contribution in [3.63, 3.8) is 0 Å². The lowest BCUT2D eigenvalue weighted by atomic mass is 9.84. The SMILES string of the molecule is C=C1CCc2ccccc2/C1=C/C. The molecule has 0 heteroatoms. The highest BCUT2D eigenvalue weighted by Gasteiger charge is 2.14. The molecule has 0 radical (unpaired) electrons. The molecule has 0 fully saturated rings. The van der Waals surface area contributed by atoms with Crippen molar-refractivity contribution in [3.8, 4) is 0 Å². The fourth-order valence-electron chi connectivity index (χ4n) is 1.97. The van der Waals surface area contributed by atoms with Gasteiger partial charge in [0.1, 0.15) is 0 Å². The van der Waals surface area contributed by atoms with Crippen LogP contribution >= 0.6 is 0 Å². The summed E-state index contributed by atoms with van der Waals surface area (Å²) in [4.78, 5) is 0. The van der Waals surface area contributed by atoms with Crippen molar-refractivity contribution in [2.75, 3.05) is 0 Å².